The molecule has 2 aromatic heterocycles. The molecule has 3 fully saturated rings. The van der Waals surface area contributed by atoms with Crippen molar-refractivity contribution in [1.29, 1.82) is 0 Å². The van der Waals surface area contributed by atoms with E-state index in [1.807, 2.05) is 13.8 Å². The van der Waals surface area contributed by atoms with Gasteiger partial charge in [-0.15, -0.1) is 11.8 Å². The number of hydrogen-bond donors (Lipinski definition) is 19. The van der Waals surface area contributed by atoms with Crippen molar-refractivity contribution in [2.75, 3.05) is 65.4 Å². The molecule has 3 aliphatic heterocycles. The summed E-state index contributed by atoms with van der Waals surface area (Å²) >= 11 is 0.759. The number of carbonyl (C=O) groups is 19. The fourth-order valence-corrected chi connectivity index (χ4v) is 17.5. The number of benzene rings is 3. The van der Waals surface area contributed by atoms with Gasteiger partial charge in [-0.1, -0.05) is 102 Å². The van der Waals surface area contributed by atoms with Crippen LogP contribution in [0.25, 0.3) is 21.8 Å². The highest BCUT2D eigenvalue weighted by Gasteiger charge is 2.47. The third-order valence-corrected chi connectivity index (χ3v) is 25.0. The molecule has 3 aromatic carbocycles. The Bertz CT molecular complexity index is 5130. The van der Waals surface area contributed by atoms with Gasteiger partial charge in [0.2, 0.25) is 94.5 Å². The van der Waals surface area contributed by atoms with Crippen LogP contribution in [0.2, 0.25) is 0 Å². The Morgan fingerprint density at radius 1 is 0.548 bits per heavy atom. The zero-order chi connectivity index (χ0) is 99.4. The average molecular weight is 1900 g/mol. The van der Waals surface area contributed by atoms with Crippen molar-refractivity contribution in [2.24, 2.45) is 23.1 Å². The molecular weight excluding hydrogens is 1780 g/mol. The molecule has 5 aromatic rings. The summed E-state index contributed by atoms with van der Waals surface area (Å²) in [5.74, 6) is -21.8. The predicted octanol–water partition coefficient (Wildman–Crippen LogP) is -2.82. The molecule has 0 unspecified atom stereocenters. The summed E-state index contributed by atoms with van der Waals surface area (Å²) in [4.78, 5) is 282. The minimum Gasteiger partial charge on any atom is -0.508 e. The van der Waals surface area contributed by atoms with Gasteiger partial charge in [0.25, 0.3) is 0 Å². The highest BCUT2D eigenvalue weighted by Crippen LogP contribution is 2.29. The molecule has 8 rings (SSSR count). The van der Waals surface area contributed by atoms with Crippen LogP contribution >= 0.6 is 11.8 Å². The van der Waals surface area contributed by atoms with Gasteiger partial charge in [0.05, 0.1) is 24.8 Å². The number of aliphatic hydroxyl groups excluding tert-OH is 1. The Morgan fingerprint density at radius 3 is 1.76 bits per heavy atom. The summed E-state index contributed by atoms with van der Waals surface area (Å²) in [7, 11) is 3.82. The molecule has 3 saturated heterocycles. The lowest BCUT2D eigenvalue weighted by Gasteiger charge is -2.36. The molecule has 0 radical (unpaired) electrons. The zero-order valence-electron chi connectivity index (χ0n) is 76.8. The summed E-state index contributed by atoms with van der Waals surface area (Å²) in [6, 6.07) is -3.85. The smallest absolute Gasteiger partial charge is 0.323 e. The van der Waals surface area contributed by atoms with E-state index in [9.17, 15) is 83.1 Å². The first-order valence-corrected chi connectivity index (χ1v) is 46.1. The molecule has 22 N–H and O–H groups in total. The number of carboxylic acid groups (broad SMARTS) is 3. The van der Waals surface area contributed by atoms with Crippen molar-refractivity contribution in [3.8, 4) is 5.75 Å². The maximum absolute atomic E-state index is 15.9. The number of likely N-dealkylation sites (N-methyl/N-ethyl adjacent to an activating group) is 3. The number of rotatable bonds is 27. The molecule has 5 heterocycles. The maximum Gasteiger partial charge on any atom is 0.323 e. The lowest BCUT2D eigenvalue weighted by molar-refractivity contribution is -0.149. The van der Waals surface area contributed by atoms with E-state index in [2.05, 4.69) is 58.2 Å². The van der Waals surface area contributed by atoms with Gasteiger partial charge in [0, 0.05) is 113 Å². The Morgan fingerprint density at radius 2 is 1.11 bits per heavy atom. The van der Waals surface area contributed by atoms with Crippen LogP contribution in [0.15, 0.2) is 85.2 Å². The number of aromatic hydroxyl groups is 1. The van der Waals surface area contributed by atoms with E-state index in [-0.39, 0.29) is 76.1 Å². The first-order valence-electron chi connectivity index (χ1n) is 45.0. The van der Waals surface area contributed by atoms with Crippen LogP contribution in [-0.2, 0) is 117 Å². The number of carboxylic acids is 3. The highest BCUT2D eigenvalue weighted by atomic mass is 32.2. The zero-order valence-corrected chi connectivity index (χ0v) is 77.6. The molecule has 3 aliphatic rings. The van der Waals surface area contributed by atoms with Crippen LogP contribution in [0.5, 0.6) is 5.75 Å². The van der Waals surface area contributed by atoms with Gasteiger partial charge in [-0.3, -0.25) is 91.1 Å². The number of phenolic OH excluding ortho intramolecular Hbond substituents is 1. The number of aromatic nitrogens is 2. The summed E-state index contributed by atoms with van der Waals surface area (Å²) in [5, 5.41) is 78.7. The van der Waals surface area contributed by atoms with Crippen molar-refractivity contribution < 1.29 is 117 Å². The fourth-order valence-electron chi connectivity index (χ4n) is 16.6. The van der Waals surface area contributed by atoms with Gasteiger partial charge in [-0.2, -0.15) is 0 Å². The lowest BCUT2D eigenvalue weighted by atomic mass is 9.99. The molecular formula is C90H126N20O24S. The van der Waals surface area contributed by atoms with Crippen LogP contribution < -0.4 is 70.4 Å². The molecule has 135 heavy (non-hydrogen) atoms. The molecule has 0 bridgehead atoms. The van der Waals surface area contributed by atoms with Crippen LogP contribution in [0.1, 0.15) is 141 Å². The number of unbranched alkanes of at least 4 members (excludes halogenated alkanes) is 2. The van der Waals surface area contributed by atoms with E-state index >= 15 is 33.6 Å². The van der Waals surface area contributed by atoms with Crippen molar-refractivity contribution in [3.63, 3.8) is 0 Å². The van der Waals surface area contributed by atoms with Gasteiger partial charge in [-0.05, 0) is 105 Å². The lowest BCUT2D eigenvalue weighted by Crippen LogP contribution is -2.61. The standard InChI is InChI=1S/C90H126N20O24S/c1-9-11-21-68-83(127)99-60(34-48(3)4)80(124)104-66(78(122)95-42-72(93)113)46-135-47-73(114)96-62(35-50-25-27-53(111)28-26-50)86(130)105(6)49(5)77(121)101-64(39-75(117)118)89(133)109-33-17-24-69(109)84(128)103-65(40-92)82(126)98-59(29-30-74(115)116)88(132)110-44-54(112)38-71(110)85(129)100-61(36-51-41-94-57-20-15-13-18-55(51)57)81(125)97-58(31-32-91)79(123)102-63(87(131)107(8)70(22-12-10-2)90(134)106(68)7)37-52-43-108(45-76(119)120)67-23-16-14-19-56(52)67/h13-16,18-20,23,25-28,41,43,48-49,54,58-66,68-71,94,111-112H,9-12,17,21-22,24,29-40,42,44-47,91-92H2,1-8H3,(H2,93,113)(H,95,122)(H,96,114)(H,97,125)(H,98,126)(H,99,127)(H,100,129)(H,101,121)(H,102,123)(H,103,128)(H,104,124)(H,115,116)(H,117,118)(H,119,120)/t49-,54+,58-,59-,60-,61-,62-,63-,64-,65-,66-,68-,69-,70-,71-/m0/s1. The number of nitrogens with one attached hydrogen (secondary N) is 11. The van der Waals surface area contributed by atoms with E-state index in [1.54, 1.807) is 68.6 Å². The SMILES string of the molecule is CCCC[C@H]1C(=O)N(C)[C@@H](CCCC)C(=O)N[C@@H](CC(C)C)C(=O)N[C@H](C(=O)NCC(N)=O)CSCC(=O)N[C@@H](Cc2ccc(O)cc2)C(=O)N(C)[C@@H](C)C(=O)N[C@@H](CC(=O)O)C(=O)N2CCC[C@H]2C(=O)N[C@@H](CN)C(=O)N[C@@H](CCC(=O)O)C(=O)N2C[C@H](O)C[C@H]2C(=O)N[C@@H](Cc2c[nH]c3ccccc23)C(=O)N[C@@H](CCN)C(=O)N[C@@H](Cc2cn(CC(=O)O)c3ccccc23)C(=O)N1C. The topological polar surface area (TPSA) is 661 Å². The second-order valence-electron chi connectivity index (χ2n) is 34.5. The minimum atomic E-state index is -1.94. The van der Waals surface area contributed by atoms with Crippen LogP contribution in [-0.4, -0.2) is 328 Å². The third kappa shape index (κ3) is 29.8. The number of nitrogens with zero attached hydrogens (tertiary/aromatic N) is 6. The second-order valence-corrected chi connectivity index (χ2v) is 35.6. The number of hydrogen-bond acceptors (Lipinski definition) is 24. The monoisotopic (exact) mass is 1900 g/mol. The number of H-pyrrole nitrogens is 1. The van der Waals surface area contributed by atoms with Gasteiger partial charge < -0.3 is 130 Å². The Balaban J connectivity index is 1.21. The number of aliphatic carboxylic acids is 3. The first-order chi connectivity index (χ1) is 64.1. The average Bonchev–Trinajstić information content (AvgIpc) is 1.55. The number of carbonyl (C=O) groups excluding carboxylic acids is 16. The maximum atomic E-state index is 15.9. The molecule has 736 valence electrons. The van der Waals surface area contributed by atoms with Crippen molar-refractivity contribution in [1.82, 2.24) is 87.2 Å². The number of aliphatic hydroxyl groups is 1. The van der Waals surface area contributed by atoms with Gasteiger partial charge in [-0.25, -0.2) is 0 Å². The normalized spacial score (nSPS) is 24.8. The highest BCUT2D eigenvalue weighted by molar-refractivity contribution is 8.00. The molecule has 15 atom stereocenters. The predicted molar refractivity (Wildman–Crippen MR) is 491 cm³/mol. The summed E-state index contributed by atoms with van der Waals surface area (Å²) in [6.07, 6.45) is -1.51. The summed E-state index contributed by atoms with van der Waals surface area (Å²) < 4.78 is 1.42. The second kappa shape index (κ2) is 50.7. The van der Waals surface area contributed by atoms with Crippen molar-refractivity contribution in [3.05, 3.63) is 102 Å². The van der Waals surface area contributed by atoms with E-state index in [0.717, 1.165) is 36.3 Å². The third-order valence-electron chi connectivity index (χ3n) is 24.0. The van der Waals surface area contributed by atoms with E-state index in [0.29, 0.717) is 64.2 Å². The molecule has 16 amide bonds. The summed E-state index contributed by atoms with van der Waals surface area (Å²) in [5.41, 5.74) is 19.9. The van der Waals surface area contributed by atoms with Crippen molar-refractivity contribution in [2.45, 2.75) is 241 Å². The number of thioether (sulfide) groups is 1. The minimum absolute atomic E-state index is 0.0174. The molecule has 45 heteroatoms. The van der Waals surface area contributed by atoms with E-state index < -0.39 is 273 Å². The molecule has 0 spiro atoms. The molecule has 0 aliphatic carbocycles. The number of fused-ring (bicyclic) bond motifs is 4. The van der Waals surface area contributed by atoms with Crippen LogP contribution in [0.3, 0.4) is 0 Å². The quantitative estimate of drug-likeness (QED) is 0.0252. The van der Waals surface area contributed by atoms with Crippen molar-refractivity contribution >= 4 is 146 Å². The Hall–Kier alpha value is -13.3. The summed E-state index contributed by atoms with van der Waals surface area (Å²) in [6.45, 7) is 5.21. The Kier molecular flexibility index (Phi) is 40.2. The van der Waals surface area contributed by atoms with Crippen LogP contribution in [0, 0.1) is 5.92 Å². The van der Waals surface area contributed by atoms with Gasteiger partial charge in [0.1, 0.15) is 96.9 Å². The molecule has 0 saturated carbocycles. The number of amides is 16. The number of para-hydroxylation sites is 2. The number of phenols is 1. The largest absolute Gasteiger partial charge is 0.508 e. The molecule has 44 nitrogen and oxygen atoms in total. The van der Waals surface area contributed by atoms with E-state index in [4.69, 9.17) is 17.2 Å². The number of nitrogens with two attached hydrogens (primary N) is 3. The van der Waals surface area contributed by atoms with Gasteiger partial charge in [0.15, 0.2) is 0 Å². The van der Waals surface area contributed by atoms with Gasteiger partial charge >= 0.3 is 17.9 Å². The van der Waals surface area contributed by atoms with E-state index in [1.165, 1.54) is 63.1 Å². The Labute approximate surface area is 783 Å². The first kappa shape index (κ1) is 107. The number of primary amides is 1. The van der Waals surface area contributed by atoms with Crippen LogP contribution in [0.4, 0.5) is 0 Å². The fraction of sp³-hybridized carbons (Fsp3) is 0.544. The number of aromatic amines is 1.